The van der Waals surface area contributed by atoms with Crippen molar-refractivity contribution in [2.24, 2.45) is 5.92 Å². The van der Waals surface area contributed by atoms with E-state index >= 15 is 0 Å². The van der Waals surface area contributed by atoms with Crippen LogP contribution in [-0.2, 0) is 4.79 Å². The van der Waals surface area contributed by atoms with Crippen LogP contribution in [0.4, 0.5) is 0 Å². The van der Waals surface area contributed by atoms with Gasteiger partial charge in [-0.1, -0.05) is 11.6 Å². The van der Waals surface area contributed by atoms with Gasteiger partial charge in [0.2, 0.25) is 5.91 Å². The Kier molecular flexibility index (Phi) is 3.85. The standard InChI is InChI=1S/C15H19ClN2O2/c1-10(19)17-15-14(11-6-8-18(15)9-7-11)20-13-4-2-12(16)3-5-13/h2-5,11,14-15H,6-9H2,1H3,(H,17,19). The van der Waals surface area contributed by atoms with E-state index in [9.17, 15) is 4.79 Å². The number of nitrogens with one attached hydrogen (secondary N) is 1. The SMILES string of the molecule is CC(=O)NC1C(Oc2ccc(Cl)cc2)C2CCN1CC2. The van der Waals surface area contributed by atoms with E-state index in [1.165, 1.54) is 0 Å². The smallest absolute Gasteiger partial charge is 0.218 e. The minimum atomic E-state index is -0.0179. The number of hydrogen-bond donors (Lipinski definition) is 1. The van der Waals surface area contributed by atoms with Gasteiger partial charge in [0.15, 0.2) is 0 Å². The van der Waals surface area contributed by atoms with Gasteiger partial charge in [0, 0.05) is 31.0 Å². The zero-order valence-corrected chi connectivity index (χ0v) is 12.3. The zero-order valence-electron chi connectivity index (χ0n) is 11.5. The summed E-state index contributed by atoms with van der Waals surface area (Å²) in [5, 5.41) is 3.73. The summed E-state index contributed by atoms with van der Waals surface area (Å²) in [6, 6.07) is 7.41. The van der Waals surface area contributed by atoms with Crippen molar-refractivity contribution in [3.05, 3.63) is 29.3 Å². The number of carbonyl (C=O) groups excluding carboxylic acids is 1. The monoisotopic (exact) mass is 294 g/mol. The molecule has 5 heteroatoms. The van der Waals surface area contributed by atoms with E-state index in [4.69, 9.17) is 16.3 Å². The van der Waals surface area contributed by atoms with Crippen LogP contribution in [0.25, 0.3) is 0 Å². The number of piperidine rings is 3. The Labute approximate surface area is 124 Å². The number of ether oxygens (including phenoxy) is 1. The van der Waals surface area contributed by atoms with Crippen LogP contribution in [-0.4, -0.2) is 36.2 Å². The van der Waals surface area contributed by atoms with Crippen molar-refractivity contribution >= 4 is 17.5 Å². The topological polar surface area (TPSA) is 41.6 Å². The summed E-state index contributed by atoms with van der Waals surface area (Å²) < 4.78 is 6.14. The molecular formula is C15H19ClN2O2. The maximum atomic E-state index is 11.4. The highest BCUT2D eigenvalue weighted by Gasteiger charge is 2.44. The lowest BCUT2D eigenvalue weighted by atomic mass is 9.83. The Balaban J connectivity index is 1.77. The van der Waals surface area contributed by atoms with E-state index in [0.29, 0.717) is 10.9 Å². The van der Waals surface area contributed by atoms with Crippen molar-refractivity contribution in [1.29, 1.82) is 0 Å². The van der Waals surface area contributed by atoms with Gasteiger partial charge in [-0.25, -0.2) is 0 Å². The average Bonchev–Trinajstić information content (AvgIpc) is 2.44. The normalized spacial score (nSPS) is 31.9. The largest absolute Gasteiger partial charge is 0.487 e. The Morgan fingerprint density at radius 2 is 1.95 bits per heavy atom. The highest BCUT2D eigenvalue weighted by atomic mass is 35.5. The minimum Gasteiger partial charge on any atom is -0.487 e. The third kappa shape index (κ3) is 2.76. The van der Waals surface area contributed by atoms with Crippen LogP contribution < -0.4 is 10.1 Å². The molecule has 1 aromatic carbocycles. The van der Waals surface area contributed by atoms with Gasteiger partial charge in [0.05, 0.1) is 0 Å². The van der Waals surface area contributed by atoms with Crippen LogP contribution in [0.15, 0.2) is 24.3 Å². The summed E-state index contributed by atoms with van der Waals surface area (Å²) in [4.78, 5) is 13.7. The van der Waals surface area contributed by atoms with Crippen molar-refractivity contribution in [2.45, 2.75) is 32.0 Å². The predicted octanol–water partition coefficient (Wildman–Crippen LogP) is 2.28. The fourth-order valence-electron chi connectivity index (χ4n) is 3.20. The molecule has 2 bridgehead atoms. The predicted molar refractivity (Wildman–Crippen MR) is 77.8 cm³/mol. The van der Waals surface area contributed by atoms with E-state index in [1.807, 2.05) is 24.3 Å². The van der Waals surface area contributed by atoms with Gasteiger partial charge in [-0.2, -0.15) is 0 Å². The zero-order chi connectivity index (χ0) is 14.1. The highest BCUT2D eigenvalue weighted by Crippen LogP contribution is 2.34. The lowest BCUT2D eigenvalue weighted by Crippen LogP contribution is -2.65. The van der Waals surface area contributed by atoms with E-state index < -0.39 is 0 Å². The third-order valence-electron chi connectivity index (χ3n) is 4.18. The number of nitrogens with zero attached hydrogens (tertiary/aromatic N) is 1. The highest BCUT2D eigenvalue weighted by molar-refractivity contribution is 6.30. The molecule has 0 spiro atoms. The van der Waals surface area contributed by atoms with Gasteiger partial charge in [0.1, 0.15) is 18.0 Å². The Bertz CT molecular complexity index is 483. The van der Waals surface area contributed by atoms with Gasteiger partial charge in [-0.3, -0.25) is 9.69 Å². The van der Waals surface area contributed by atoms with E-state index in [-0.39, 0.29) is 18.2 Å². The number of halogens is 1. The lowest BCUT2D eigenvalue weighted by Gasteiger charge is -2.50. The first kappa shape index (κ1) is 13.7. The van der Waals surface area contributed by atoms with E-state index in [1.54, 1.807) is 6.92 Å². The molecule has 3 aliphatic heterocycles. The second-order valence-corrected chi connectivity index (χ2v) is 5.99. The van der Waals surface area contributed by atoms with Crippen molar-refractivity contribution in [1.82, 2.24) is 10.2 Å². The first-order valence-electron chi connectivity index (χ1n) is 7.07. The van der Waals surface area contributed by atoms with Crippen LogP contribution in [0.1, 0.15) is 19.8 Å². The van der Waals surface area contributed by atoms with Crippen LogP contribution in [0.5, 0.6) is 5.75 Å². The molecule has 2 unspecified atom stereocenters. The Morgan fingerprint density at radius 1 is 1.30 bits per heavy atom. The van der Waals surface area contributed by atoms with Crippen molar-refractivity contribution < 1.29 is 9.53 Å². The second kappa shape index (κ2) is 5.62. The van der Waals surface area contributed by atoms with Gasteiger partial charge in [-0.15, -0.1) is 0 Å². The third-order valence-corrected chi connectivity index (χ3v) is 4.43. The van der Waals surface area contributed by atoms with Crippen molar-refractivity contribution in [3.8, 4) is 5.75 Å². The number of benzene rings is 1. The summed E-state index contributed by atoms with van der Waals surface area (Å²) in [6.45, 7) is 3.63. The molecule has 0 saturated carbocycles. The van der Waals surface area contributed by atoms with Crippen LogP contribution >= 0.6 is 11.6 Å². The summed E-state index contributed by atoms with van der Waals surface area (Å²) >= 11 is 5.89. The molecule has 1 aromatic rings. The summed E-state index contributed by atoms with van der Waals surface area (Å²) in [5.74, 6) is 1.31. The molecule has 1 N–H and O–H groups in total. The van der Waals surface area contributed by atoms with Crippen LogP contribution in [0.3, 0.4) is 0 Å². The van der Waals surface area contributed by atoms with Crippen LogP contribution in [0.2, 0.25) is 5.02 Å². The molecule has 3 saturated heterocycles. The fourth-order valence-corrected chi connectivity index (χ4v) is 3.33. The molecule has 0 radical (unpaired) electrons. The summed E-state index contributed by atoms with van der Waals surface area (Å²) in [5.41, 5.74) is 0. The summed E-state index contributed by atoms with van der Waals surface area (Å²) in [7, 11) is 0. The molecule has 0 aromatic heterocycles. The van der Waals surface area contributed by atoms with Gasteiger partial charge in [0.25, 0.3) is 0 Å². The van der Waals surface area contributed by atoms with E-state index in [0.717, 1.165) is 31.7 Å². The van der Waals surface area contributed by atoms with Gasteiger partial charge >= 0.3 is 0 Å². The average molecular weight is 295 g/mol. The first-order valence-corrected chi connectivity index (χ1v) is 7.44. The molecule has 3 heterocycles. The lowest BCUT2D eigenvalue weighted by molar-refractivity contribution is -0.128. The Hall–Kier alpha value is -1.26. The molecular weight excluding hydrogens is 276 g/mol. The van der Waals surface area contributed by atoms with Crippen molar-refractivity contribution in [2.75, 3.05) is 13.1 Å². The molecule has 20 heavy (non-hydrogen) atoms. The molecule has 4 rings (SSSR count). The number of amides is 1. The first-order chi connectivity index (χ1) is 9.63. The number of carbonyl (C=O) groups is 1. The molecule has 1 amide bonds. The maximum Gasteiger partial charge on any atom is 0.218 e. The molecule has 108 valence electrons. The summed E-state index contributed by atoms with van der Waals surface area (Å²) in [6.07, 6.45) is 2.26. The van der Waals surface area contributed by atoms with Crippen LogP contribution in [0, 0.1) is 5.92 Å². The molecule has 2 atom stereocenters. The van der Waals surface area contributed by atoms with Gasteiger partial charge < -0.3 is 10.1 Å². The fraction of sp³-hybridized carbons (Fsp3) is 0.533. The number of hydrogen-bond acceptors (Lipinski definition) is 3. The molecule has 0 aliphatic carbocycles. The molecule has 3 aliphatic rings. The second-order valence-electron chi connectivity index (χ2n) is 5.56. The Morgan fingerprint density at radius 3 is 2.55 bits per heavy atom. The molecule has 4 nitrogen and oxygen atoms in total. The molecule has 3 fully saturated rings. The van der Waals surface area contributed by atoms with Crippen molar-refractivity contribution in [3.63, 3.8) is 0 Å². The maximum absolute atomic E-state index is 11.4. The number of rotatable bonds is 3. The quantitative estimate of drug-likeness (QED) is 0.930. The van der Waals surface area contributed by atoms with E-state index in [2.05, 4.69) is 10.2 Å². The number of fused-ring (bicyclic) bond motifs is 3. The van der Waals surface area contributed by atoms with Gasteiger partial charge in [-0.05, 0) is 37.1 Å². The minimum absolute atomic E-state index is 0.00717.